The van der Waals surface area contributed by atoms with Crippen molar-refractivity contribution < 1.29 is 8.91 Å². The minimum Gasteiger partial charge on any atom is -0.339 e. The Bertz CT molecular complexity index is 519. The highest BCUT2D eigenvalue weighted by atomic mass is 19.1. The van der Waals surface area contributed by atoms with Crippen molar-refractivity contribution in [2.75, 3.05) is 0 Å². The lowest BCUT2D eigenvalue weighted by molar-refractivity contribution is 0.377. The average molecular weight is 247 g/mol. The van der Waals surface area contributed by atoms with Crippen molar-refractivity contribution in [3.8, 4) is 0 Å². The van der Waals surface area contributed by atoms with Crippen LogP contribution in [0.3, 0.4) is 0 Å². The van der Waals surface area contributed by atoms with Gasteiger partial charge in [-0.2, -0.15) is 4.98 Å². The summed E-state index contributed by atoms with van der Waals surface area (Å²) < 4.78 is 17.9. The fraction of sp³-hybridized carbons (Fsp3) is 0.385. The highest BCUT2D eigenvalue weighted by Crippen LogP contribution is 2.19. The molecule has 3 rings (SSSR count). The van der Waals surface area contributed by atoms with Gasteiger partial charge in [0.1, 0.15) is 5.82 Å². The Morgan fingerprint density at radius 2 is 2.06 bits per heavy atom. The van der Waals surface area contributed by atoms with Crippen molar-refractivity contribution in [1.82, 2.24) is 15.5 Å². The predicted octanol–water partition coefficient (Wildman–Crippen LogP) is 2.05. The Morgan fingerprint density at radius 3 is 2.78 bits per heavy atom. The quantitative estimate of drug-likeness (QED) is 0.878. The summed E-state index contributed by atoms with van der Waals surface area (Å²) in [5.41, 5.74) is 0.960. The normalized spacial score (nSPS) is 14.9. The molecule has 1 aromatic carbocycles. The molecule has 1 aromatic heterocycles. The summed E-state index contributed by atoms with van der Waals surface area (Å²) in [7, 11) is 0. The summed E-state index contributed by atoms with van der Waals surface area (Å²) in [6, 6.07) is 6.94. The zero-order valence-electron chi connectivity index (χ0n) is 9.90. The van der Waals surface area contributed by atoms with Crippen LogP contribution in [0.25, 0.3) is 0 Å². The van der Waals surface area contributed by atoms with Gasteiger partial charge in [-0.3, -0.25) is 0 Å². The molecule has 1 heterocycles. The first kappa shape index (κ1) is 11.3. The van der Waals surface area contributed by atoms with E-state index in [-0.39, 0.29) is 5.82 Å². The zero-order valence-corrected chi connectivity index (χ0v) is 9.90. The molecule has 1 aliphatic carbocycles. The summed E-state index contributed by atoms with van der Waals surface area (Å²) >= 11 is 0. The molecular formula is C13H14FN3O. The lowest BCUT2D eigenvalue weighted by Crippen LogP contribution is -2.16. The SMILES string of the molecule is Fc1ccc(Cc2nc(CNC3CC3)no2)cc1. The summed E-state index contributed by atoms with van der Waals surface area (Å²) in [5.74, 6) is 1.01. The van der Waals surface area contributed by atoms with Gasteiger partial charge in [0.15, 0.2) is 5.82 Å². The molecule has 0 unspecified atom stereocenters. The van der Waals surface area contributed by atoms with Gasteiger partial charge < -0.3 is 9.84 Å². The highest BCUT2D eigenvalue weighted by Gasteiger charge is 2.21. The summed E-state index contributed by atoms with van der Waals surface area (Å²) in [6.45, 7) is 0.650. The van der Waals surface area contributed by atoms with Gasteiger partial charge in [0, 0.05) is 6.04 Å². The van der Waals surface area contributed by atoms with Crippen LogP contribution in [0.4, 0.5) is 4.39 Å². The Kier molecular flexibility index (Phi) is 3.06. The third kappa shape index (κ3) is 2.92. The fourth-order valence-electron chi connectivity index (χ4n) is 1.73. The first-order valence-corrected chi connectivity index (χ1v) is 6.09. The molecule has 1 fully saturated rings. The fourth-order valence-corrected chi connectivity index (χ4v) is 1.73. The lowest BCUT2D eigenvalue weighted by Gasteiger charge is -1.96. The van der Waals surface area contributed by atoms with Crippen LogP contribution in [-0.2, 0) is 13.0 Å². The number of aromatic nitrogens is 2. The number of nitrogens with zero attached hydrogens (tertiary/aromatic N) is 2. The molecule has 2 aromatic rings. The lowest BCUT2D eigenvalue weighted by atomic mass is 10.1. The molecular weight excluding hydrogens is 233 g/mol. The van der Waals surface area contributed by atoms with Crippen LogP contribution in [-0.4, -0.2) is 16.2 Å². The second kappa shape index (κ2) is 4.86. The van der Waals surface area contributed by atoms with Gasteiger partial charge in [0.2, 0.25) is 5.89 Å². The van der Waals surface area contributed by atoms with Crippen molar-refractivity contribution in [3.63, 3.8) is 0 Å². The molecule has 1 N–H and O–H groups in total. The number of hydrogen-bond donors (Lipinski definition) is 1. The van der Waals surface area contributed by atoms with E-state index in [1.165, 1.54) is 25.0 Å². The molecule has 18 heavy (non-hydrogen) atoms. The maximum atomic E-state index is 12.8. The molecule has 4 nitrogen and oxygen atoms in total. The molecule has 0 bridgehead atoms. The van der Waals surface area contributed by atoms with Gasteiger partial charge in [0.05, 0.1) is 13.0 Å². The van der Waals surface area contributed by atoms with Crippen molar-refractivity contribution in [2.45, 2.75) is 31.8 Å². The number of nitrogens with one attached hydrogen (secondary N) is 1. The van der Waals surface area contributed by atoms with Crippen LogP contribution in [0.1, 0.15) is 30.1 Å². The highest BCUT2D eigenvalue weighted by molar-refractivity contribution is 5.19. The van der Waals surface area contributed by atoms with Gasteiger partial charge in [-0.1, -0.05) is 17.3 Å². The Hall–Kier alpha value is -1.75. The van der Waals surface area contributed by atoms with Crippen LogP contribution in [0.2, 0.25) is 0 Å². The Labute approximate surface area is 104 Å². The van der Waals surface area contributed by atoms with Gasteiger partial charge in [-0.25, -0.2) is 4.39 Å². The molecule has 0 aliphatic heterocycles. The van der Waals surface area contributed by atoms with Crippen molar-refractivity contribution in [1.29, 1.82) is 0 Å². The van der Waals surface area contributed by atoms with Gasteiger partial charge >= 0.3 is 0 Å². The van der Waals surface area contributed by atoms with Crippen molar-refractivity contribution in [2.24, 2.45) is 0 Å². The largest absolute Gasteiger partial charge is 0.339 e. The first-order valence-electron chi connectivity index (χ1n) is 6.09. The van der Waals surface area contributed by atoms with E-state index in [0.717, 1.165) is 5.56 Å². The molecule has 0 radical (unpaired) electrons. The molecule has 0 saturated heterocycles. The third-order valence-electron chi connectivity index (χ3n) is 2.90. The summed E-state index contributed by atoms with van der Waals surface area (Å²) in [4.78, 5) is 4.29. The van der Waals surface area contributed by atoms with Crippen LogP contribution >= 0.6 is 0 Å². The van der Waals surface area contributed by atoms with Gasteiger partial charge in [-0.05, 0) is 30.5 Å². The molecule has 1 saturated carbocycles. The van der Waals surface area contributed by atoms with Gasteiger partial charge in [-0.15, -0.1) is 0 Å². The molecule has 0 amide bonds. The zero-order chi connectivity index (χ0) is 12.4. The topological polar surface area (TPSA) is 51.0 Å². The molecule has 1 aliphatic rings. The van der Waals surface area contributed by atoms with E-state index in [2.05, 4.69) is 15.5 Å². The number of benzene rings is 1. The van der Waals surface area contributed by atoms with E-state index in [1.54, 1.807) is 12.1 Å². The van der Waals surface area contributed by atoms with Crippen LogP contribution < -0.4 is 5.32 Å². The summed E-state index contributed by atoms with van der Waals surface area (Å²) in [5, 5.41) is 7.23. The summed E-state index contributed by atoms with van der Waals surface area (Å²) in [6.07, 6.45) is 3.01. The van der Waals surface area contributed by atoms with E-state index in [1.807, 2.05) is 0 Å². The number of hydrogen-bond acceptors (Lipinski definition) is 4. The Morgan fingerprint density at radius 1 is 1.28 bits per heavy atom. The first-order chi connectivity index (χ1) is 8.79. The molecule has 94 valence electrons. The monoisotopic (exact) mass is 247 g/mol. The minimum atomic E-state index is -0.237. The average Bonchev–Trinajstić information content (AvgIpc) is 3.10. The van der Waals surface area contributed by atoms with Crippen LogP contribution in [0, 0.1) is 5.82 Å². The van der Waals surface area contributed by atoms with Crippen molar-refractivity contribution >= 4 is 0 Å². The standard InChI is InChI=1S/C13H14FN3O/c14-10-3-1-9(2-4-10)7-13-16-12(17-18-13)8-15-11-5-6-11/h1-4,11,15H,5-8H2. The van der Waals surface area contributed by atoms with E-state index in [9.17, 15) is 4.39 Å². The van der Waals surface area contributed by atoms with E-state index in [0.29, 0.717) is 30.7 Å². The van der Waals surface area contributed by atoms with E-state index >= 15 is 0 Å². The van der Waals surface area contributed by atoms with E-state index in [4.69, 9.17) is 4.52 Å². The minimum absolute atomic E-state index is 0.237. The number of rotatable bonds is 5. The maximum Gasteiger partial charge on any atom is 0.231 e. The molecule has 0 spiro atoms. The maximum absolute atomic E-state index is 12.8. The second-order valence-electron chi connectivity index (χ2n) is 4.56. The van der Waals surface area contributed by atoms with E-state index < -0.39 is 0 Å². The number of halogens is 1. The molecule has 5 heteroatoms. The third-order valence-corrected chi connectivity index (χ3v) is 2.90. The second-order valence-corrected chi connectivity index (χ2v) is 4.56. The van der Waals surface area contributed by atoms with Crippen molar-refractivity contribution in [3.05, 3.63) is 47.4 Å². The smallest absolute Gasteiger partial charge is 0.231 e. The molecule has 0 atom stereocenters. The van der Waals surface area contributed by atoms with Crippen LogP contribution in [0.15, 0.2) is 28.8 Å². The predicted molar refractivity (Wildman–Crippen MR) is 63.4 cm³/mol. The van der Waals surface area contributed by atoms with Gasteiger partial charge in [0.25, 0.3) is 0 Å². The van der Waals surface area contributed by atoms with Crippen LogP contribution in [0.5, 0.6) is 0 Å². The Balaban J connectivity index is 1.60.